The Morgan fingerprint density at radius 2 is 2.27 bits per heavy atom. The van der Waals surface area contributed by atoms with Gasteiger partial charge in [0.25, 0.3) is 0 Å². The monoisotopic (exact) mass is 208 g/mol. The second kappa shape index (κ2) is 6.03. The molecule has 0 unspecified atom stereocenters. The van der Waals surface area contributed by atoms with Crippen LogP contribution in [0.3, 0.4) is 0 Å². The number of nitrogens with two attached hydrogens (primary N) is 1. The van der Waals surface area contributed by atoms with Gasteiger partial charge in [0, 0.05) is 18.7 Å². The molecular weight excluding hydrogens is 192 g/mol. The summed E-state index contributed by atoms with van der Waals surface area (Å²) in [5, 5.41) is 11.1. The Bertz CT molecular complexity index is 326. The molecule has 0 heterocycles. The molecule has 0 aliphatic heterocycles. The molecule has 0 spiro atoms. The molecule has 4 nitrogen and oxygen atoms in total. The topological polar surface area (TPSA) is 75.4 Å². The normalized spacial score (nSPS) is 9.93. The summed E-state index contributed by atoms with van der Waals surface area (Å²) in [4.78, 5) is 11.2. The highest BCUT2D eigenvalue weighted by Gasteiger charge is 2.01. The van der Waals surface area contributed by atoms with Crippen molar-refractivity contribution in [3.05, 3.63) is 29.8 Å². The van der Waals surface area contributed by atoms with Crippen LogP contribution in [-0.4, -0.2) is 24.2 Å². The zero-order valence-corrected chi connectivity index (χ0v) is 8.57. The van der Waals surface area contributed by atoms with E-state index in [0.717, 1.165) is 5.56 Å². The van der Waals surface area contributed by atoms with Crippen molar-refractivity contribution >= 4 is 11.6 Å². The van der Waals surface area contributed by atoms with Crippen molar-refractivity contribution in [2.75, 3.05) is 18.9 Å². The molecule has 1 aromatic rings. The highest BCUT2D eigenvalue weighted by atomic mass is 16.3. The number of aliphatic hydroxyl groups is 1. The zero-order chi connectivity index (χ0) is 11.1. The van der Waals surface area contributed by atoms with E-state index >= 15 is 0 Å². The van der Waals surface area contributed by atoms with Crippen LogP contribution in [0.1, 0.15) is 12.0 Å². The molecule has 0 aromatic heterocycles. The van der Waals surface area contributed by atoms with E-state index in [-0.39, 0.29) is 12.5 Å². The van der Waals surface area contributed by atoms with Gasteiger partial charge < -0.3 is 16.2 Å². The van der Waals surface area contributed by atoms with Crippen molar-refractivity contribution < 1.29 is 9.90 Å². The van der Waals surface area contributed by atoms with Gasteiger partial charge in [-0.2, -0.15) is 0 Å². The van der Waals surface area contributed by atoms with Crippen molar-refractivity contribution in [2.45, 2.75) is 12.8 Å². The van der Waals surface area contributed by atoms with Gasteiger partial charge in [-0.1, -0.05) is 12.1 Å². The molecule has 0 fully saturated rings. The van der Waals surface area contributed by atoms with E-state index in [1.165, 1.54) is 0 Å². The van der Waals surface area contributed by atoms with Gasteiger partial charge in [0.1, 0.15) is 0 Å². The van der Waals surface area contributed by atoms with E-state index in [1.54, 1.807) is 0 Å². The van der Waals surface area contributed by atoms with Crippen LogP contribution in [0, 0.1) is 0 Å². The molecule has 0 aliphatic rings. The summed E-state index contributed by atoms with van der Waals surface area (Å²) in [5.74, 6) is -0.0496. The first-order chi connectivity index (χ1) is 7.22. The van der Waals surface area contributed by atoms with Gasteiger partial charge in [-0.25, -0.2) is 0 Å². The van der Waals surface area contributed by atoms with Crippen LogP contribution in [0.4, 0.5) is 5.69 Å². The molecule has 0 bridgehead atoms. The number of rotatable bonds is 5. The number of hydrogen-bond donors (Lipinski definition) is 3. The number of aliphatic hydroxyl groups excluding tert-OH is 1. The number of nitrogen functional groups attached to an aromatic ring is 1. The minimum absolute atomic E-state index is 0.0238. The number of carbonyl (C=O) groups excluding carboxylic acids is 1. The largest absolute Gasteiger partial charge is 0.399 e. The summed E-state index contributed by atoms with van der Waals surface area (Å²) in [6, 6.07) is 7.49. The van der Waals surface area contributed by atoms with Crippen LogP contribution in [0.2, 0.25) is 0 Å². The summed E-state index contributed by atoms with van der Waals surface area (Å²) in [6.07, 6.45) is 1.09. The van der Waals surface area contributed by atoms with Crippen LogP contribution in [-0.2, 0) is 11.2 Å². The number of hydrogen-bond acceptors (Lipinski definition) is 3. The smallest absolute Gasteiger partial charge is 0.220 e. The molecule has 1 rings (SSSR count). The van der Waals surface area contributed by atoms with E-state index in [0.29, 0.717) is 25.1 Å². The zero-order valence-electron chi connectivity index (χ0n) is 8.57. The van der Waals surface area contributed by atoms with Crippen molar-refractivity contribution in [3.63, 3.8) is 0 Å². The molecular formula is C11H16N2O2. The average Bonchev–Trinajstić information content (AvgIpc) is 2.23. The van der Waals surface area contributed by atoms with Crippen LogP contribution in [0.5, 0.6) is 0 Å². The maximum Gasteiger partial charge on any atom is 0.220 e. The Morgan fingerprint density at radius 1 is 1.47 bits per heavy atom. The van der Waals surface area contributed by atoms with E-state index < -0.39 is 0 Å². The lowest BCUT2D eigenvalue weighted by Crippen LogP contribution is -2.26. The Hall–Kier alpha value is -1.55. The predicted octanol–water partition coefficient (Wildman–Crippen LogP) is 0.310. The first kappa shape index (κ1) is 11.5. The van der Waals surface area contributed by atoms with Gasteiger partial charge in [0.05, 0.1) is 6.61 Å². The Morgan fingerprint density at radius 3 is 2.93 bits per heavy atom. The summed E-state index contributed by atoms with van der Waals surface area (Å²) in [5.41, 5.74) is 7.37. The molecule has 0 atom stereocenters. The second-order valence-electron chi connectivity index (χ2n) is 3.32. The van der Waals surface area contributed by atoms with Crippen molar-refractivity contribution in [3.8, 4) is 0 Å². The fourth-order valence-electron chi connectivity index (χ4n) is 1.29. The molecule has 0 saturated carbocycles. The number of amides is 1. The van der Waals surface area contributed by atoms with Gasteiger partial charge >= 0.3 is 0 Å². The van der Waals surface area contributed by atoms with E-state index in [4.69, 9.17) is 10.8 Å². The lowest BCUT2D eigenvalue weighted by atomic mass is 10.1. The third-order valence-corrected chi connectivity index (χ3v) is 2.03. The quantitative estimate of drug-likeness (QED) is 0.610. The predicted molar refractivity (Wildman–Crippen MR) is 59.3 cm³/mol. The van der Waals surface area contributed by atoms with Crippen LogP contribution >= 0.6 is 0 Å². The SMILES string of the molecule is Nc1cccc(CCC(=O)NCCO)c1. The Kier molecular flexibility index (Phi) is 4.63. The molecule has 4 N–H and O–H groups in total. The summed E-state index contributed by atoms with van der Waals surface area (Å²) in [6.45, 7) is 0.291. The molecule has 4 heteroatoms. The van der Waals surface area contributed by atoms with E-state index in [9.17, 15) is 4.79 Å². The number of anilines is 1. The Balaban J connectivity index is 2.33. The fraction of sp³-hybridized carbons (Fsp3) is 0.364. The van der Waals surface area contributed by atoms with Gasteiger partial charge in [-0.05, 0) is 24.1 Å². The Labute approximate surface area is 89.1 Å². The van der Waals surface area contributed by atoms with Crippen LogP contribution in [0.15, 0.2) is 24.3 Å². The summed E-state index contributed by atoms with van der Waals surface area (Å²) >= 11 is 0. The third-order valence-electron chi connectivity index (χ3n) is 2.03. The summed E-state index contributed by atoms with van der Waals surface area (Å²) < 4.78 is 0. The maximum atomic E-state index is 11.2. The molecule has 0 saturated heterocycles. The highest BCUT2D eigenvalue weighted by molar-refractivity contribution is 5.76. The van der Waals surface area contributed by atoms with Crippen LogP contribution < -0.4 is 11.1 Å². The lowest BCUT2D eigenvalue weighted by Gasteiger charge is -2.03. The number of benzene rings is 1. The first-order valence-corrected chi connectivity index (χ1v) is 4.94. The standard InChI is InChI=1S/C11H16N2O2/c12-10-3-1-2-9(8-10)4-5-11(15)13-6-7-14/h1-3,8,14H,4-7,12H2,(H,13,15). The summed E-state index contributed by atoms with van der Waals surface area (Å²) in [7, 11) is 0. The fourth-order valence-corrected chi connectivity index (χ4v) is 1.29. The molecule has 82 valence electrons. The number of nitrogens with one attached hydrogen (secondary N) is 1. The van der Waals surface area contributed by atoms with Crippen molar-refractivity contribution in [1.82, 2.24) is 5.32 Å². The molecule has 1 amide bonds. The third kappa shape index (κ3) is 4.46. The van der Waals surface area contributed by atoms with Gasteiger partial charge in [-0.15, -0.1) is 0 Å². The van der Waals surface area contributed by atoms with Gasteiger partial charge in [0.2, 0.25) is 5.91 Å². The van der Waals surface area contributed by atoms with Crippen molar-refractivity contribution in [1.29, 1.82) is 0 Å². The van der Waals surface area contributed by atoms with E-state index in [2.05, 4.69) is 5.32 Å². The molecule has 0 aliphatic carbocycles. The first-order valence-electron chi connectivity index (χ1n) is 4.94. The van der Waals surface area contributed by atoms with E-state index in [1.807, 2.05) is 24.3 Å². The number of aryl methyl sites for hydroxylation is 1. The molecule has 0 radical (unpaired) electrons. The minimum Gasteiger partial charge on any atom is -0.399 e. The molecule has 15 heavy (non-hydrogen) atoms. The van der Waals surface area contributed by atoms with Crippen molar-refractivity contribution in [2.24, 2.45) is 0 Å². The highest BCUT2D eigenvalue weighted by Crippen LogP contribution is 2.08. The lowest BCUT2D eigenvalue weighted by molar-refractivity contribution is -0.121. The minimum atomic E-state index is -0.0496. The molecule has 1 aromatic carbocycles. The number of carbonyl (C=O) groups is 1. The maximum absolute atomic E-state index is 11.2. The van der Waals surface area contributed by atoms with Gasteiger partial charge in [0.15, 0.2) is 0 Å². The van der Waals surface area contributed by atoms with Crippen LogP contribution in [0.25, 0.3) is 0 Å². The average molecular weight is 208 g/mol. The second-order valence-corrected chi connectivity index (χ2v) is 3.32. The van der Waals surface area contributed by atoms with Gasteiger partial charge in [-0.3, -0.25) is 4.79 Å².